The number of amides is 1. The van der Waals surface area contributed by atoms with E-state index in [1.807, 2.05) is 44.2 Å². The Bertz CT molecular complexity index is 562. The lowest BCUT2D eigenvalue weighted by Gasteiger charge is -2.10. The van der Waals surface area contributed by atoms with Gasteiger partial charge in [-0.1, -0.05) is 32.0 Å². The summed E-state index contributed by atoms with van der Waals surface area (Å²) in [5.41, 5.74) is 0.847. The van der Waals surface area contributed by atoms with E-state index >= 15 is 0 Å². The second-order valence-corrected chi connectivity index (χ2v) is 4.63. The number of nitrogens with one attached hydrogen (secondary N) is 1. The molecule has 1 aromatic carbocycles. The van der Waals surface area contributed by atoms with Gasteiger partial charge in [0.25, 0.3) is 0 Å². The van der Waals surface area contributed by atoms with Crippen molar-refractivity contribution in [2.45, 2.75) is 13.8 Å². The van der Waals surface area contributed by atoms with Crippen molar-refractivity contribution in [1.82, 2.24) is 10.3 Å². The van der Waals surface area contributed by atoms with E-state index in [9.17, 15) is 4.79 Å². The fraction of sp³-hybridized carbons (Fsp3) is 0.333. The van der Waals surface area contributed by atoms with Crippen LogP contribution in [0.5, 0.6) is 5.75 Å². The second kappa shape index (κ2) is 6.18. The first kappa shape index (κ1) is 13.3. The van der Waals surface area contributed by atoms with E-state index in [1.165, 1.54) is 0 Å². The van der Waals surface area contributed by atoms with Crippen LogP contribution in [0.4, 0.5) is 0 Å². The topological polar surface area (TPSA) is 51.2 Å². The summed E-state index contributed by atoms with van der Waals surface area (Å²) in [6.45, 7) is 4.67. The maximum atomic E-state index is 11.4. The summed E-state index contributed by atoms with van der Waals surface area (Å²) in [5.74, 6) is 0.788. The first-order valence-corrected chi connectivity index (χ1v) is 6.43. The van der Waals surface area contributed by atoms with Gasteiger partial charge in [-0.3, -0.25) is 9.78 Å². The molecule has 0 bridgehead atoms. The van der Waals surface area contributed by atoms with Gasteiger partial charge in [-0.15, -0.1) is 0 Å². The maximum absolute atomic E-state index is 11.4. The average Bonchev–Trinajstić information content (AvgIpc) is 2.43. The summed E-state index contributed by atoms with van der Waals surface area (Å²) in [4.78, 5) is 15.7. The van der Waals surface area contributed by atoms with Crippen molar-refractivity contribution in [3.8, 4) is 5.75 Å². The van der Waals surface area contributed by atoms with Gasteiger partial charge in [0.05, 0.1) is 6.54 Å². The molecule has 0 atom stereocenters. The highest BCUT2D eigenvalue weighted by molar-refractivity contribution is 5.84. The van der Waals surface area contributed by atoms with Crippen molar-refractivity contribution in [3.63, 3.8) is 0 Å². The lowest BCUT2D eigenvalue weighted by molar-refractivity contribution is -0.124. The lowest BCUT2D eigenvalue weighted by Crippen LogP contribution is -2.31. The molecule has 0 saturated carbocycles. The van der Waals surface area contributed by atoms with Crippen LogP contribution in [0, 0.1) is 5.92 Å². The van der Waals surface area contributed by atoms with Crippen molar-refractivity contribution in [3.05, 3.63) is 36.5 Å². The smallest absolute Gasteiger partial charge is 0.222 e. The molecule has 2 rings (SSSR count). The summed E-state index contributed by atoms with van der Waals surface area (Å²) in [5, 5.41) is 3.86. The number of rotatable bonds is 5. The van der Waals surface area contributed by atoms with Gasteiger partial charge in [0, 0.05) is 17.5 Å². The molecular weight excluding hydrogens is 240 g/mol. The van der Waals surface area contributed by atoms with Crippen molar-refractivity contribution in [2.24, 2.45) is 5.92 Å². The predicted molar refractivity (Wildman–Crippen MR) is 75.1 cm³/mol. The third-order valence-corrected chi connectivity index (χ3v) is 2.78. The number of hydrogen-bond acceptors (Lipinski definition) is 3. The standard InChI is InChI=1S/C15H18N2O2/c1-11(2)15(18)17-9-10-19-13-7-3-5-12-6-4-8-16-14(12)13/h3-8,11H,9-10H2,1-2H3,(H,17,18). The number of hydrogen-bond donors (Lipinski definition) is 1. The Balaban J connectivity index is 1.93. The molecule has 0 unspecified atom stereocenters. The monoisotopic (exact) mass is 258 g/mol. The van der Waals surface area contributed by atoms with Gasteiger partial charge in [0.2, 0.25) is 5.91 Å². The Hall–Kier alpha value is -2.10. The van der Waals surface area contributed by atoms with Gasteiger partial charge in [-0.05, 0) is 12.1 Å². The number of pyridine rings is 1. The van der Waals surface area contributed by atoms with Crippen LogP contribution < -0.4 is 10.1 Å². The summed E-state index contributed by atoms with van der Waals surface area (Å²) in [7, 11) is 0. The van der Waals surface area contributed by atoms with Crippen LogP contribution in [0.3, 0.4) is 0 Å². The number of carbonyl (C=O) groups is 1. The Morgan fingerprint density at radius 2 is 2.11 bits per heavy atom. The highest BCUT2D eigenvalue weighted by Crippen LogP contribution is 2.22. The van der Waals surface area contributed by atoms with E-state index in [2.05, 4.69) is 10.3 Å². The minimum absolute atomic E-state index is 0.000720. The molecule has 2 aromatic rings. The molecule has 1 aromatic heterocycles. The zero-order chi connectivity index (χ0) is 13.7. The molecule has 19 heavy (non-hydrogen) atoms. The first-order chi connectivity index (χ1) is 9.18. The SMILES string of the molecule is CC(C)C(=O)NCCOc1cccc2cccnc12. The molecule has 0 radical (unpaired) electrons. The Morgan fingerprint density at radius 1 is 1.32 bits per heavy atom. The van der Waals surface area contributed by atoms with Crippen LogP contribution >= 0.6 is 0 Å². The number of nitrogens with zero attached hydrogens (tertiary/aromatic N) is 1. The normalized spacial score (nSPS) is 10.7. The number of benzene rings is 1. The number of fused-ring (bicyclic) bond motifs is 1. The molecule has 100 valence electrons. The summed E-state index contributed by atoms with van der Waals surface area (Å²) in [6.07, 6.45) is 1.75. The number of carbonyl (C=O) groups excluding carboxylic acids is 1. The van der Waals surface area contributed by atoms with Crippen LogP contribution in [-0.2, 0) is 4.79 Å². The molecule has 1 N–H and O–H groups in total. The quantitative estimate of drug-likeness (QED) is 0.838. The molecule has 0 aliphatic rings. The minimum Gasteiger partial charge on any atom is -0.489 e. The Labute approximate surface area is 112 Å². The molecule has 1 amide bonds. The zero-order valence-corrected chi connectivity index (χ0v) is 11.2. The maximum Gasteiger partial charge on any atom is 0.222 e. The fourth-order valence-electron chi connectivity index (χ4n) is 1.73. The molecule has 0 aliphatic carbocycles. The number of para-hydroxylation sites is 1. The number of ether oxygens (including phenoxy) is 1. The zero-order valence-electron chi connectivity index (χ0n) is 11.2. The lowest BCUT2D eigenvalue weighted by atomic mass is 10.2. The van der Waals surface area contributed by atoms with Gasteiger partial charge in [-0.2, -0.15) is 0 Å². The van der Waals surface area contributed by atoms with E-state index in [0.717, 1.165) is 16.7 Å². The molecule has 0 fully saturated rings. The van der Waals surface area contributed by atoms with E-state index in [1.54, 1.807) is 6.20 Å². The van der Waals surface area contributed by atoms with Gasteiger partial charge in [0.1, 0.15) is 17.9 Å². The van der Waals surface area contributed by atoms with E-state index < -0.39 is 0 Å². The van der Waals surface area contributed by atoms with Crippen molar-refractivity contribution >= 4 is 16.8 Å². The van der Waals surface area contributed by atoms with Gasteiger partial charge in [0.15, 0.2) is 0 Å². The van der Waals surface area contributed by atoms with Gasteiger partial charge >= 0.3 is 0 Å². The minimum atomic E-state index is -0.000720. The van der Waals surface area contributed by atoms with Gasteiger partial charge in [-0.25, -0.2) is 0 Å². The third kappa shape index (κ3) is 3.44. The van der Waals surface area contributed by atoms with E-state index in [4.69, 9.17) is 4.74 Å². The largest absolute Gasteiger partial charge is 0.489 e. The third-order valence-electron chi connectivity index (χ3n) is 2.78. The Kier molecular flexibility index (Phi) is 4.34. The predicted octanol–water partition coefficient (Wildman–Crippen LogP) is 2.39. The van der Waals surface area contributed by atoms with Crippen molar-refractivity contribution in [1.29, 1.82) is 0 Å². The first-order valence-electron chi connectivity index (χ1n) is 6.43. The molecule has 1 heterocycles. The summed E-state index contributed by atoms with van der Waals surface area (Å²) < 4.78 is 5.67. The van der Waals surface area contributed by atoms with E-state index in [0.29, 0.717) is 13.2 Å². The molecule has 4 nitrogen and oxygen atoms in total. The summed E-state index contributed by atoms with van der Waals surface area (Å²) in [6, 6.07) is 9.71. The van der Waals surface area contributed by atoms with Crippen LogP contribution in [0.2, 0.25) is 0 Å². The molecule has 0 aliphatic heterocycles. The second-order valence-electron chi connectivity index (χ2n) is 4.63. The highest BCUT2D eigenvalue weighted by Gasteiger charge is 2.06. The molecule has 0 saturated heterocycles. The summed E-state index contributed by atoms with van der Waals surface area (Å²) >= 11 is 0. The van der Waals surface area contributed by atoms with Crippen LogP contribution in [-0.4, -0.2) is 24.0 Å². The molecule has 0 spiro atoms. The van der Waals surface area contributed by atoms with Crippen LogP contribution in [0.1, 0.15) is 13.8 Å². The highest BCUT2D eigenvalue weighted by atomic mass is 16.5. The van der Waals surface area contributed by atoms with E-state index in [-0.39, 0.29) is 11.8 Å². The van der Waals surface area contributed by atoms with Gasteiger partial charge < -0.3 is 10.1 Å². The van der Waals surface area contributed by atoms with Crippen molar-refractivity contribution in [2.75, 3.05) is 13.2 Å². The van der Waals surface area contributed by atoms with Crippen LogP contribution in [0.15, 0.2) is 36.5 Å². The van der Waals surface area contributed by atoms with Crippen molar-refractivity contribution < 1.29 is 9.53 Å². The Morgan fingerprint density at radius 3 is 2.89 bits per heavy atom. The number of aromatic nitrogens is 1. The molecular formula is C15H18N2O2. The average molecular weight is 258 g/mol. The molecule has 4 heteroatoms. The van der Waals surface area contributed by atoms with Crippen LogP contribution in [0.25, 0.3) is 10.9 Å². The fourth-order valence-corrected chi connectivity index (χ4v) is 1.73.